The zero-order valence-corrected chi connectivity index (χ0v) is 20.5. The molecule has 3 aromatic rings. The maximum absolute atomic E-state index is 13.4. The third-order valence-corrected chi connectivity index (χ3v) is 6.85. The third kappa shape index (κ3) is 6.32. The predicted molar refractivity (Wildman–Crippen MR) is 124 cm³/mol. The number of aliphatic hydroxyl groups excluding tert-OH is 1. The molecular formula is C22H22F4N6O5S. The molecule has 204 valence electrons. The minimum absolute atomic E-state index is 0.00258. The van der Waals surface area contributed by atoms with Crippen molar-refractivity contribution in [3.63, 3.8) is 0 Å². The maximum atomic E-state index is 13.4. The molecular weight excluding hydrogens is 536 g/mol. The Morgan fingerprint density at radius 2 is 2.03 bits per heavy atom. The summed E-state index contributed by atoms with van der Waals surface area (Å²) >= 11 is 0. The molecule has 16 heteroatoms. The number of carbonyl (C=O) groups excluding carboxylic acids is 1. The Morgan fingerprint density at radius 3 is 2.74 bits per heavy atom. The van der Waals surface area contributed by atoms with E-state index in [1.807, 2.05) is 4.72 Å². The van der Waals surface area contributed by atoms with Gasteiger partial charge in [0.25, 0.3) is 0 Å². The summed E-state index contributed by atoms with van der Waals surface area (Å²) in [5.41, 5.74) is -1.49. The number of halogens is 4. The van der Waals surface area contributed by atoms with E-state index in [9.17, 15) is 35.9 Å². The Hall–Kier alpha value is -3.47. The van der Waals surface area contributed by atoms with E-state index in [1.54, 1.807) is 0 Å². The van der Waals surface area contributed by atoms with Crippen LogP contribution in [-0.2, 0) is 27.2 Å². The number of rotatable bonds is 9. The first-order valence-electron chi connectivity index (χ1n) is 11.2. The molecule has 3 N–H and O–H groups in total. The molecule has 0 radical (unpaired) electrons. The summed E-state index contributed by atoms with van der Waals surface area (Å²) in [5, 5.41) is 17.2. The van der Waals surface area contributed by atoms with Crippen LogP contribution in [0.25, 0.3) is 0 Å². The smallest absolute Gasteiger partial charge is 0.390 e. The van der Waals surface area contributed by atoms with Crippen molar-refractivity contribution in [1.29, 1.82) is 0 Å². The van der Waals surface area contributed by atoms with Crippen LogP contribution >= 0.6 is 0 Å². The van der Waals surface area contributed by atoms with Crippen molar-refractivity contribution in [2.24, 2.45) is 0 Å². The molecule has 0 unspecified atom stereocenters. The summed E-state index contributed by atoms with van der Waals surface area (Å²) in [4.78, 5) is 21.1. The van der Waals surface area contributed by atoms with Crippen LogP contribution in [0.15, 0.2) is 43.0 Å². The number of carbonyl (C=O) groups is 1. The number of nitrogens with one attached hydrogen (secondary N) is 2. The number of nitrogens with zero attached hydrogens (tertiary/aromatic N) is 4. The molecule has 38 heavy (non-hydrogen) atoms. The van der Waals surface area contributed by atoms with Gasteiger partial charge >= 0.3 is 16.5 Å². The zero-order chi connectivity index (χ0) is 27.7. The highest BCUT2D eigenvalue weighted by molar-refractivity contribution is 7.84. The normalized spacial score (nSPS) is 20.0. The van der Waals surface area contributed by atoms with E-state index in [0.29, 0.717) is 6.07 Å². The fourth-order valence-corrected chi connectivity index (χ4v) is 4.68. The average Bonchev–Trinajstić information content (AvgIpc) is 3.45. The molecule has 1 saturated carbocycles. The van der Waals surface area contributed by atoms with Crippen LogP contribution in [0.3, 0.4) is 0 Å². The Kier molecular flexibility index (Phi) is 7.78. The van der Waals surface area contributed by atoms with Gasteiger partial charge in [-0.05, 0) is 36.6 Å². The van der Waals surface area contributed by atoms with Gasteiger partial charge in [-0.15, -0.1) is 0 Å². The maximum Gasteiger partial charge on any atom is 0.416 e. The second kappa shape index (κ2) is 10.7. The van der Waals surface area contributed by atoms with Crippen LogP contribution in [0.5, 0.6) is 0 Å². The summed E-state index contributed by atoms with van der Waals surface area (Å²) in [7, 11) is -2.86. The number of aromatic nitrogens is 4. The van der Waals surface area contributed by atoms with Crippen molar-refractivity contribution in [1.82, 2.24) is 24.5 Å². The number of benzene rings is 1. The van der Waals surface area contributed by atoms with Crippen molar-refractivity contribution in [3.05, 3.63) is 71.2 Å². The molecule has 0 amide bonds. The summed E-state index contributed by atoms with van der Waals surface area (Å²) in [6, 6.07) is 3.11. The highest BCUT2D eigenvalue weighted by Gasteiger charge is 2.37. The zero-order valence-electron chi connectivity index (χ0n) is 19.7. The molecule has 1 aromatic carbocycles. The van der Waals surface area contributed by atoms with E-state index in [2.05, 4.69) is 20.4 Å². The first kappa shape index (κ1) is 27.6. The largest absolute Gasteiger partial charge is 0.416 e. The van der Waals surface area contributed by atoms with Crippen LogP contribution < -0.4 is 10.0 Å². The average molecular weight is 559 g/mol. The first-order chi connectivity index (χ1) is 17.9. The minimum atomic E-state index is -4.78. The van der Waals surface area contributed by atoms with Gasteiger partial charge in [-0.3, -0.25) is 13.7 Å². The molecule has 1 aliphatic rings. The lowest BCUT2D eigenvalue weighted by molar-refractivity contribution is -0.138. The Bertz CT molecular complexity index is 1430. The molecule has 0 aliphatic heterocycles. The lowest BCUT2D eigenvalue weighted by atomic mass is 10.1. The third-order valence-electron chi connectivity index (χ3n) is 5.85. The van der Waals surface area contributed by atoms with Crippen molar-refractivity contribution in [2.75, 3.05) is 12.4 Å². The second-order valence-electron chi connectivity index (χ2n) is 8.48. The highest BCUT2D eigenvalue weighted by atomic mass is 32.2. The van der Waals surface area contributed by atoms with E-state index < -0.39 is 51.9 Å². The van der Waals surface area contributed by atoms with E-state index in [4.69, 9.17) is 4.18 Å². The number of aliphatic hydroxyl groups is 1. The van der Waals surface area contributed by atoms with Gasteiger partial charge in [-0.1, -0.05) is 6.07 Å². The predicted octanol–water partition coefficient (Wildman–Crippen LogP) is 1.89. The van der Waals surface area contributed by atoms with E-state index in [1.165, 1.54) is 31.8 Å². The summed E-state index contributed by atoms with van der Waals surface area (Å²) in [5.74, 6) is -1.57. The lowest BCUT2D eigenvalue weighted by Gasteiger charge is -2.15. The van der Waals surface area contributed by atoms with Gasteiger partial charge in [-0.25, -0.2) is 14.4 Å². The lowest BCUT2D eigenvalue weighted by Crippen LogP contribution is -2.31. The molecule has 0 bridgehead atoms. The van der Waals surface area contributed by atoms with Crippen molar-refractivity contribution in [2.45, 2.75) is 43.8 Å². The molecule has 4 rings (SSSR count). The molecule has 3 atom stereocenters. The molecule has 1 fully saturated rings. The topological polar surface area (TPSA) is 148 Å². The molecule has 11 nitrogen and oxygen atoms in total. The SMILES string of the molecule is CNS(=O)(=O)O[C@@H]1C[C@H](Nc2ncncc2C(=O)c2ccn(Cc3ccc(F)cc3C(F)(F)F)n2)C[C@@H]1O. The van der Waals surface area contributed by atoms with Gasteiger partial charge in [0, 0.05) is 25.5 Å². The van der Waals surface area contributed by atoms with Crippen LogP contribution in [-0.4, -0.2) is 64.4 Å². The summed E-state index contributed by atoms with van der Waals surface area (Å²) in [6.45, 7) is -0.365. The molecule has 0 spiro atoms. The van der Waals surface area contributed by atoms with Crippen LogP contribution in [0.2, 0.25) is 0 Å². The quantitative estimate of drug-likeness (QED) is 0.265. The van der Waals surface area contributed by atoms with E-state index >= 15 is 0 Å². The molecule has 1 aliphatic carbocycles. The van der Waals surface area contributed by atoms with Gasteiger partial charge in [0.15, 0.2) is 0 Å². The summed E-state index contributed by atoms with van der Waals surface area (Å²) in [6.07, 6.45) is -2.98. The highest BCUT2D eigenvalue weighted by Crippen LogP contribution is 2.33. The number of alkyl halides is 3. The van der Waals surface area contributed by atoms with Gasteiger partial charge in [0.2, 0.25) is 5.78 Å². The second-order valence-corrected chi connectivity index (χ2v) is 9.99. The van der Waals surface area contributed by atoms with Crippen molar-refractivity contribution < 1.29 is 40.1 Å². The fourth-order valence-electron chi connectivity index (χ4n) is 4.05. The fraction of sp³-hybridized carbons (Fsp3) is 0.364. The Morgan fingerprint density at radius 1 is 1.26 bits per heavy atom. The van der Waals surface area contributed by atoms with Crippen LogP contribution in [0.1, 0.15) is 40.0 Å². The minimum Gasteiger partial charge on any atom is -0.390 e. The van der Waals surface area contributed by atoms with Gasteiger partial charge in [0.05, 0.1) is 23.8 Å². The van der Waals surface area contributed by atoms with Crippen molar-refractivity contribution >= 4 is 21.9 Å². The molecule has 0 saturated heterocycles. The van der Waals surface area contributed by atoms with Gasteiger partial charge in [0.1, 0.15) is 29.8 Å². The summed E-state index contributed by atoms with van der Waals surface area (Å²) < 4.78 is 84.7. The molecule has 2 heterocycles. The standard InChI is InChI=1S/C22H22F4N6O5S/c1-27-38(35,36)37-19-8-14(7-18(19)33)30-21-15(9-28-11-29-21)20(34)17-4-5-32(31-17)10-12-2-3-13(23)6-16(12)22(24,25)26/h2-6,9,11,14,18-19,27,33H,7-8,10H2,1H3,(H,28,29,30)/t14-,18+,19-/m1/s1. The Balaban J connectivity index is 1.50. The Labute approximate surface area is 214 Å². The van der Waals surface area contributed by atoms with Crippen molar-refractivity contribution in [3.8, 4) is 0 Å². The van der Waals surface area contributed by atoms with E-state index in [0.717, 1.165) is 16.8 Å². The first-order valence-corrected chi connectivity index (χ1v) is 12.6. The number of hydrogen-bond acceptors (Lipinski definition) is 9. The van der Waals surface area contributed by atoms with E-state index in [-0.39, 0.29) is 42.0 Å². The monoisotopic (exact) mass is 558 g/mol. The van der Waals surface area contributed by atoms with Crippen LogP contribution in [0, 0.1) is 5.82 Å². The number of anilines is 1. The van der Waals surface area contributed by atoms with Gasteiger partial charge < -0.3 is 10.4 Å². The number of ketones is 1. The molecule has 2 aromatic heterocycles. The number of hydrogen-bond donors (Lipinski definition) is 3. The van der Waals surface area contributed by atoms with Crippen LogP contribution in [0.4, 0.5) is 23.4 Å². The van der Waals surface area contributed by atoms with Gasteiger partial charge in [-0.2, -0.15) is 31.4 Å².